The van der Waals surface area contributed by atoms with Gasteiger partial charge in [0.15, 0.2) is 0 Å². The topological polar surface area (TPSA) is 52.3 Å². The predicted octanol–water partition coefficient (Wildman–Crippen LogP) is 2.68. The third-order valence-electron chi connectivity index (χ3n) is 2.39. The Morgan fingerprint density at radius 2 is 2.25 bits per heavy atom. The van der Waals surface area contributed by atoms with E-state index in [4.69, 9.17) is 10.5 Å². The van der Waals surface area contributed by atoms with E-state index in [1.807, 2.05) is 25.6 Å². The molecule has 1 aliphatic heterocycles. The lowest BCUT2D eigenvalue weighted by Gasteiger charge is -2.13. The predicted molar refractivity (Wildman–Crippen MR) is 69.1 cm³/mol. The smallest absolute Gasteiger partial charge is 0.341 e. The standard InChI is InChI=1S/C11H15NO2S2/c1-6(2)14-11(13)9-7-3-4-15-5-8(7)16-10(9)12/h6H,3-5,12H2,1-2H3. The Morgan fingerprint density at radius 1 is 1.50 bits per heavy atom. The van der Waals surface area contributed by atoms with Gasteiger partial charge in [0.25, 0.3) is 0 Å². The summed E-state index contributed by atoms with van der Waals surface area (Å²) in [5.74, 6) is 1.77. The molecule has 3 nitrogen and oxygen atoms in total. The van der Waals surface area contributed by atoms with Gasteiger partial charge in [-0.05, 0) is 31.6 Å². The van der Waals surface area contributed by atoms with Gasteiger partial charge in [-0.15, -0.1) is 11.3 Å². The molecule has 0 radical (unpaired) electrons. The van der Waals surface area contributed by atoms with Crippen LogP contribution in [0.4, 0.5) is 5.00 Å². The van der Waals surface area contributed by atoms with Crippen LogP contribution in [-0.2, 0) is 16.9 Å². The Bertz CT molecular complexity index is 412. The highest BCUT2D eigenvalue weighted by molar-refractivity contribution is 7.98. The monoisotopic (exact) mass is 257 g/mol. The molecular formula is C11H15NO2S2. The Kier molecular flexibility index (Phi) is 3.44. The molecule has 0 unspecified atom stereocenters. The maximum Gasteiger partial charge on any atom is 0.341 e. The first-order valence-electron chi connectivity index (χ1n) is 5.28. The number of esters is 1. The fourth-order valence-corrected chi connectivity index (χ4v) is 3.99. The molecule has 1 aliphatic rings. The van der Waals surface area contributed by atoms with E-state index in [-0.39, 0.29) is 12.1 Å². The number of carbonyl (C=O) groups is 1. The van der Waals surface area contributed by atoms with Crippen molar-refractivity contribution in [3.8, 4) is 0 Å². The van der Waals surface area contributed by atoms with Gasteiger partial charge in [0.1, 0.15) is 5.00 Å². The van der Waals surface area contributed by atoms with Crippen molar-refractivity contribution >= 4 is 34.1 Å². The molecule has 16 heavy (non-hydrogen) atoms. The molecular weight excluding hydrogens is 242 g/mol. The number of fused-ring (bicyclic) bond motifs is 1. The van der Waals surface area contributed by atoms with Crippen LogP contribution < -0.4 is 5.73 Å². The van der Waals surface area contributed by atoms with E-state index in [2.05, 4.69) is 0 Å². The molecule has 0 fully saturated rings. The zero-order valence-electron chi connectivity index (χ0n) is 9.41. The number of nitrogens with two attached hydrogens (primary N) is 1. The number of hydrogen-bond acceptors (Lipinski definition) is 5. The SMILES string of the molecule is CC(C)OC(=O)c1c(N)sc2c1CCSC2. The zero-order valence-corrected chi connectivity index (χ0v) is 11.0. The van der Waals surface area contributed by atoms with Gasteiger partial charge >= 0.3 is 5.97 Å². The number of thioether (sulfide) groups is 1. The summed E-state index contributed by atoms with van der Waals surface area (Å²) >= 11 is 3.42. The first kappa shape index (κ1) is 11.8. The number of nitrogen functional groups attached to an aromatic ring is 1. The van der Waals surface area contributed by atoms with Gasteiger partial charge in [-0.2, -0.15) is 11.8 Å². The Balaban J connectivity index is 2.32. The molecule has 0 aromatic carbocycles. The normalized spacial score (nSPS) is 14.9. The number of hydrogen-bond donors (Lipinski definition) is 1. The second-order valence-corrected chi connectivity index (χ2v) is 6.24. The molecule has 1 aromatic heterocycles. The van der Waals surface area contributed by atoms with Crippen molar-refractivity contribution in [2.24, 2.45) is 0 Å². The second-order valence-electron chi connectivity index (χ2n) is 4.00. The quantitative estimate of drug-likeness (QED) is 0.828. The maximum atomic E-state index is 11.9. The van der Waals surface area contributed by atoms with Gasteiger partial charge in [-0.25, -0.2) is 4.79 Å². The van der Waals surface area contributed by atoms with E-state index >= 15 is 0 Å². The number of rotatable bonds is 2. The van der Waals surface area contributed by atoms with Crippen LogP contribution in [-0.4, -0.2) is 17.8 Å². The summed E-state index contributed by atoms with van der Waals surface area (Å²) < 4.78 is 5.22. The van der Waals surface area contributed by atoms with Gasteiger partial charge < -0.3 is 10.5 Å². The lowest BCUT2D eigenvalue weighted by Crippen LogP contribution is -2.15. The Hall–Kier alpha value is -0.680. The Labute approximate surface area is 103 Å². The van der Waals surface area contributed by atoms with Crippen molar-refractivity contribution in [3.05, 3.63) is 16.0 Å². The summed E-state index contributed by atoms with van der Waals surface area (Å²) in [5.41, 5.74) is 7.64. The lowest BCUT2D eigenvalue weighted by molar-refractivity contribution is 0.0378. The summed E-state index contributed by atoms with van der Waals surface area (Å²) in [6, 6.07) is 0. The van der Waals surface area contributed by atoms with Crippen LogP contribution in [0.15, 0.2) is 0 Å². The van der Waals surface area contributed by atoms with Crippen LogP contribution in [0.3, 0.4) is 0 Å². The van der Waals surface area contributed by atoms with Gasteiger partial charge in [0.2, 0.25) is 0 Å². The lowest BCUT2D eigenvalue weighted by atomic mass is 10.1. The summed E-state index contributed by atoms with van der Waals surface area (Å²) in [7, 11) is 0. The van der Waals surface area contributed by atoms with Crippen LogP contribution in [0.5, 0.6) is 0 Å². The van der Waals surface area contributed by atoms with Crippen molar-refractivity contribution in [2.75, 3.05) is 11.5 Å². The summed E-state index contributed by atoms with van der Waals surface area (Å²) in [6.45, 7) is 3.70. The summed E-state index contributed by atoms with van der Waals surface area (Å²) in [4.78, 5) is 13.1. The molecule has 1 aromatic rings. The molecule has 0 amide bonds. The first-order valence-corrected chi connectivity index (χ1v) is 7.25. The fraction of sp³-hybridized carbons (Fsp3) is 0.545. The molecule has 2 rings (SSSR count). The van der Waals surface area contributed by atoms with E-state index < -0.39 is 0 Å². The van der Waals surface area contributed by atoms with Crippen molar-refractivity contribution < 1.29 is 9.53 Å². The average Bonchev–Trinajstić information content (AvgIpc) is 2.52. The number of anilines is 1. The maximum absolute atomic E-state index is 11.9. The van der Waals surface area contributed by atoms with E-state index in [0.717, 1.165) is 23.5 Å². The minimum Gasteiger partial charge on any atom is -0.459 e. The van der Waals surface area contributed by atoms with Crippen LogP contribution in [0.1, 0.15) is 34.6 Å². The third kappa shape index (κ3) is 2.20. The molecule has 5 heteroatoms. The molecule has 0 saturated heterocycles. The highest BCUT2D eigenvalue weighted by atomic mass is 32.2. The van der Waals surface area contributed by atoms with E-state index in [1.165, 1.54) is 16.2 Å². The van der Waals surface area contributed by atoms with Crippen LogP contribution in [0, 0.1) is 0 Å². The molecule has 88 valence electrons. The van der Waals surface area contributed by atoms with Crippen LogP contribution in [0.25, 0.3) is 0 Å². The van der Waals surface area contributed by atoms with Crippen molar-refractivity contribution in [3.63, 3.8) is 0 Å². The minimum absolute atomic E-state index is 0.0968. The van der Waals surface area contributed by atoms with Crippen LogP contribution >= 0.6 is 23.1 Å². The van der Waals surface area contributed by atoms with E-state index in [1.54, 1.807) is 0 Å². The number of carbonyl (C=O) groups excluding carboxylic acids is 1. The molecule has 0 bridgehead atoms. The Morgan fingerprint density at radius 3 is 2.94 bits per heavy atom. The largest absolute Gasteiger partial charge is 0.459 e. The average molecular weight is 257 g/mol. The van der Waals surface area contributed by atoms with Gasteiger partial charge in [0, 0.05) is 10.6 Å². The van der Waals surface area contributed by atoms with Gasteiger partial charge in [0.05, 0.1) is 11.7 Å². The second kappa shape index (κ2) is 4.67. The molecule has 2 heterocycles. The van der Waals surface area contributed by atoms with Gasteiger partial charge in [-0.1, -0.05) is 0 Å². The van der Waals surface area contributed by atoms with Gasteiger partial charge in [-0.3, -0.25) is 0 Å². The molecule has 2 N–H and O–H groups in total. The fourth-order valence-electron chi connectivity index (χ4n) is 1.75. The van der Waals surface area contributed by atoms with Crippen LogP contribution in [0.2, 0.25) is 0 Å². The first-order chi connectivity index (χ1) is 7.59. The summed E-state index contributed by atoms with van der Waals surface area (Å²) in [5, 5.41) is 0.609. The van der Waals surface area contributed by atoms with E-state index in [9.17, 15) is 4.79 Å². The van der Waals surface area contributed by atoms with Crippen molar-refractivity contribution in [1.29, 1.82) is 0 Å². The number of thiophene rings is 1. The molecule has 0 spiro atoms. The highest BCUT2D eigenvalue weighted by Crippen LogP contribution is 2.38. The molecule has 0 aliphatic carbocycles. The van der Waals surface area contributed by atoms with Crippen molar-refractivity contribution in [1.82, 2.24) is 0 Å². The van der Waals surface area contributed by atoms with E-state index in [0.29, 0.717) is 10.6 Å². The summed E-state index contributed by atoms with van der Waals surface area (Å²) in [6.07, 6.45) is 0.830. The molecule has 0 atom stereocenters. The minimum atomic E-state index is -0.267. The number of ether oxygens (including phenoxy) is 1. The third-order valence-corrected chi connectivity index (χ3v) is 4.62. The highest BCUT2D eigenvalue weighted by Gasteiger charge is 2.25. The van der Waals surface area contributed by atoms with Crippen molar-refractivity contribution in [2.45, 2.75) is 32.1 Å². The zero-order chi connectivity index (χ0) is 11.7. The molecule has 0 saturated carbocycles.